The number of carbonyl (C=O) groups is 2. The second-order valence-electron chi connectivity index (χ2n) is 5.51. The average molecular weight is 289 g/mol. The molecule has 0 bridgehead atoms. The van der Waals surface area contributed by atoms with Gasteiger partial charge in [-0.3, -0.25) is 9.59 Å². The summed E-state index contributed by atoms with van der Waals surface area (Å²) in [4.78, 5) is 26.3. The first-order chi connectivity index (χ1) is 10.1. The quantitative estimate of drug-likeness (QED) is 0.800. The lowest BCUT2D eigenvalue weighted by molar-refractivity contribution is -0.151. The Balaban J connectivity index is 2.00. The lowest BCUT2D eigenvalue weighted by Gasteiger charge is -2.33. The largest absolute Gasteiger partial charge is 0.466 e. The van der Waals surface area contributed by atoms with E-state index >= 15 is 0 Å². The van der Waals surface area contributed by atoms with Gasteiger partial charge in [-0.2, -0.15) is 0 Å². The van der Waals surface area contributed by atoms with E-state index in [4.69, 9.17) is 4.74 Å². The molecule has 1 fully saturated rings. The molecule has 2 atom stereocenters. The standard InChI is InChI=1S/C17H23NO3/c1-3-21-17(20)15-10-7-11-18(12-15)16(19)13(2)14-8-5-4-6-9-14/h4-6,8-9,13,15H,3,7,10-12H2,1-2H3/t13-,15+/m1/s1. The highest BCUT2D eigenvalue weighted by Gasteiger charge is 2.31. The van der Waals surface area contributed by atoms with Crippen LogP contribution in [0.4, 0.5) is 0 Å². The topological polar surface area (TPSA) is 46.6 Å². The smallest absolute Gasteiger partial charge is 0.310 e. The van der Waals surface area contributed by atoms with E-state index < -0.39 is 0 Å². The number of piperidine rings is 1. The molecule has 1 saturated heterocycles. The van der Waals surface area contributed by atoms with E-state index in [-0.39, 0.29) is 23.7 Å². The maximum Gasteiger partial charge on any atom is 0.310 e. The Morgan fingerprint density at radius 3 is 2.71 bits per heavy atom. The highest BCUT2D eigenvalue weighted by atomic mass is 16.5. The summed E-state index contributed by atoms with van der Waals surface area (Å²) in [6, 6.07) is 9.76. The number of ether oxygens (including phenoxy) is 1. The van der Waals surface area contributed by atoms with E-state index in [0.717, 1.165) is 24.9 Å². The van der Waals surface area contributed by atoms with Gasteiger partial charge in [-0.15, -0.1) is 0 Å². The normalized spacial score (nSPS) is 19.9. The molecule has 0 N–H and O–H groups in total. The van der Waals surface area contributed by atoms with E-state index in [2.05, 4.69) is 0 Å². The average Bonchev–Trinajstić information content (AvgIpc) is 2.54. The molecule has 0 unspecified atom stereocenters. The van der Waals surface area contributed by atoms with Crippen LogP contribution in [-0.4, -0.2) is 36.5 Å². The van der Waals surface area contributed by atoms with Crippen LogP contribution < -0.4 is 0 Å². The van der Waals surface area contributed by atoms with E-state index in [1.54, 1.807) is 6.92 Å². The molecule has 0 spiro atoms. The Hall–Kier alpha value is -1.84. The van der Waals surface area contributed by atoms with Gasteiger partial charge < -0.3 is 9.64 Å². The Kier molecular flexibility index (Phi) is 5.37. The van der Waals surface area contributed by atoms with Crippen molar-refractivity contribution in [2.45, 2.75) is 32.6 Å². The lowest BCUT2D eigenvalue weighted by atomic mass is 9.94. The highest BCUT2D eigenvalue weighted by Crippen LogP contribution is 2.23. The van der Waals surface area contributed by atoms with Crippen LogP contribution in [0.3, 0.4) is 0 Å². The minimum atomic E-state index is -0.178. The van der Waals surface area contributed by atoms with Gasteiger partial charge in [0.05, 0.1) is 18.4 Å². The zero-order valence-electron chi connectivity index (χ0n) is 12.7. The van der Waals surface area contributed by atoms with E-state index in [1.165, 1.54) is 0 Å². The van der Waals surface area contributed by atoms with Crippen molar-refractivity contribution >= 4 is 11.9 Å². The fourth-order valence-electron chi connectivity index (χ4n) is 2.79. The molecule has 1 aromatic carbocycles. The highest BCUT2D eigenvalue weighted by molar-refractivity contribution is 5.84. The lowest BCUT2D eigenvalue weighted by Crippen LogP contribution is -2.44. The van der Waals surface area contributed by atoms with Gasteiger partial charge >= 0.3 is 5.97 Å². The van der Waals surface area contributed by atoms with Crippen molar-refractivity contribution in [1.29, 1.82) is 0 Å². The van der Waals surface area contributed by atoms with Crippen molar-refractivity contribution in [1.82, 2.24) is 4.90 Å². The number of nitrogens with zero attached hydrogens (tertiary/aromatic N) is 1. The molecule has 1 heterocycles. The van der Waals surface area contributed by atoms with Crippen LogP contribution in [0.5, 0.6) is 0 Å². The number of rotatable bonds is 4. The summed E-state index contributed by atoms with van der Waals surface area (Å²) in [6.07, 6.45) is 1.67. The SMILES string of the molecule is CCOC(=O)[C@H]1CCCN(C(=O)[C@H](C)c2ccccc2)C1. The zero-order valence-corrected chi connectivity index (χ0v) is 12.7. The van der Waals surface area contributed by atoms with Crippen LogP contribution in [0.2, 0.25) is 0 Å². The zero-order chi connectivity index (χ0) is 15.2. The molecule has 0 radical (unpaired) electrons. The van der Waals surface area contributed by atoms with Crippen LogP contribution >= 0.6 is 0 Å². The third-order valence-electron chi connectivity index (χ3n) is 4.02. The van der Waals surface area contributed by atoms with Gasteiger partial charge in [0.15, 0.2) is 0 Å². The number of hydrogen-bond donors (Lipinski definition) is 0. The van der Waals surface area contributed by atoms with Crippen LogP contribution in [0.15, 0.2) is 30.3 Å². The van der Waals surface area contributed by atoms with Crippen molar-refractivity contribution in [3.05, 3.63) is 35.9 Å². The van der Waals surface area contributed by atoms with Crippen molar-refractivity contribution < 1.29 is 14.3 Å². The molecule has 1 aliphatic rings. The van der Waals surface area contributed by atoms with Gasteiger partial charge in [-0.1, -0.05) is 30.3 Å². The van der Waals surface area contributed by atoms with Crippen LogP contribution in [0, 0.1) is 5.92 Å². The molecular formula is C17H23NO3. The van der Waals surface area contributed by atoms with Gasteiger partial charge in [0.25, 0.3) is 0 Å². The van der Waals surface area contributed by atoms with Crippen molar-refractivity contribution in [2.24, 2.45) is 5.92 Å². The summed E-state index contributed by atoms with van der Waals surface area (Å²) in [5.41, 5.74) is 1.01. The number of carbonyl (C=O) groups excluding carboxylic acids is 2. The molecule has 1 aromatic rings. The van der Waals surface area contributed by atoms with Gasteiger partial charge in [-0.05, 0) is 32.3 Å². The minimum Gasteiger partial charge on any atom is -0.466 e. The van der Waals surface area contributed by atoms with E-state index in [1.807, 2.05) is 42.2 Å². The molecule has 21 heavy (non-hydrogen) atoms. The first-order valence-corrected chi connectivity index (χ1v) is 7.63. The monoisotopic (exact) mass is 289 g/mol. The molecule has 4 nitrogen and oxygen atoms in total. The first-order valence-electron chi connectivity index (χ1n) is 7.63. The van der Waals surface area contributed by atoms with Crippen molar-refractivity contribution in [3.8, 4) is 0 Å². The van der Waals surface area contributed by atoms with Crippen LogP contribution in [0.25, 0.3) is 0 Å². The molecule has 0 aliphatic carbocycles. The van der Waals surface area contributed by atoms with Gasteiger partial charge in [0, 0.05) is 13.1 Å². The molecular weight excluding hydrogens is 266 g/mol. The van der Waals surface area contributed by atoms with Crippen molar-refractivity contribution in [3.63, 3.8) is 0 Å². The maximum absolute atomic E-state index is 12.6. The summed E-state index contributed by atoms with van der Waals surface area (Å²) in [6.45, 7) is 5.33. The van der Waals surface area contributed by atoms with Gasteiger partial charge in [0.2, 0.25) is 5.91 Å². The number of hydrogen-bond acceptors (Lipinski definition) is 3. The van der Waals surface area contributed by atoms with Crippen LogP contribution in [0.1, 0.15) is 38.2 Å². The third kappa shape index (κ3) is 3.84. The Morgan fingerprint density at radius 1 is 1.33 bits per heavy atom. The second kappa shape index (κ2) is 7.25. The van der Waals surface area contributed by atoms with Gasteiger partial charge in [-0.25, -0.2) is 0 Å². The predicted octanol–water partition coefficient (Wildman–Crippen LogP) is 2.59. The Bertz CT molecular complexity index is 486. The molecule has 0 aromatic heterocycles. The summed E-state index contributed by atoms with van der Waals surface area (Å²) in [5.74, 6) is -0.435. The summed E-state index contributed by atoms with van der Waals surface area (Å²) < 4.78 is 5.08. The molecule has 1 aliphatic heterocycles. The number of likely N-dealkylation sites (tertiary alicyclic amines) is 1. The Labute approximate surface area is 126 Å². The van der Waals surface area contributed by atoms with E-state index in [0.29, 0.717) is 13.2 Å². The third-order valence-corrected chi connectivity index (χ3v) is 4.02. The molecule has 0 saturated carbocycles. The van der Waals surface area contributed by atoms with E-state index in [9.17, 15) is 9.59 Å². The molecule has 4 heteroatoms. The van der Waals surface area contributed by atoms with Crippen molar-refractivity contribution in [2.75, 3.05) is 19.7 Å². The fourth-order valence-corrected chi connectivity index (χ4v) is 2.79. The fraction of sp³-hybridized carbons (Fsp3) is 0.529. The summed E-state index contributed by atoms with van der Waals surface area (Å²) in [7, 11) is 0. The second-order valence-corrected chi connectivity index (χ2v) is 5.51. The Morgan fingerprint density at radius 2 is 2.05 bits per heavy atom. The van der Waals surface area contributed by atoms with Gasteiger partial charge in [0.1, 0.15) is 0 Å². The maximum atomic E-state index is 12.6. The first kappa shape index (κ1) is 15.5. The minimum absolute atomic E-state index is 0.0928. The molecule has 114 valence electrons. The summed E-state index contributed by atoms with van der Waals surface area (Å²) in [5, 5.41) is 0. The number of esters is 1. The number of benzene rings is 1. The molecule has 1 amide bonds. The molecule has 2 rings (SSSR count). The van der Waals surface area contributed by atoms with Crippen LogP contribution in [-0.2, 0) is 14.3 Å². The predicted molar refractivity (Wildman–Crippen MR) is 80.8 cm³/mol. The summed E-state index contributed by atoms with van der Waals surface area (Å²) >= 11 is 0. The number of amides is 1.